The summed E-state index contributed by atoms with van der Waals surface area (Å²) in [6.45, 7) is -4.97. The van der Waals surface area contributed by atoms with E-state index in [1.54, 1.807) is 6.07 Å². The van der Waals surface area contributed by atoms with Gasteiger partial charge in [-0.25, -0.2) is 0 Å². The van der Waals surface area contributed by atoms with Crippen LogP contribution in [-0.2, 0) is 30.6 Å². The number of rotatable bonds is 7. The second kappa shape index (κ2) is 10.3. The summed E-state index contributed by atoms with van der Waals surface area (Å²) >= 11 is 0. The molecule has 0 heterocycles. The number of alkyl halides is 3. The molecule has 0 atom stereocenters. The van der Waals surface area contributed by atoms with E-state index in [0.717, 1.165) is 50.3 Å². The maximum absolute atomic E-state index is 13.8. The van der Waals surface area contributed by atoms with Gasteiger partial charge in [-0.2, -0.15) is 13.2 Å². The van der Waals surface area contributed by atoms with Crippen LogP contribution in [0.3, 0.4) is 0 Å². The number of oxime groups is 1. The SMILES string of the molecule is [2H]C([2H])(O)c1ccc(/C(C)=N/OCc2ccc(C3CCCCC3)c(C(F)(F)F)c2)cc1C([2H])([2H])C([2H])([2H])[2H]. The van der Waals surface area contributed by atoms with Crippen LogP contribution in [0.25, 0.3) is 0 Å². The lowest BCUT2D eigenvalue weighted by atomic mass is 9.81. The molecule has 3 rings (SSSR count). The Labute approximate surface area is 191 Å². The van der Waals surface area contributed by atoms with Crippen LogP contribution >= 0.6 is 0 Å². The first kappa shape index (κ1) is 15.5. The fourth-order valence-corrected chi connectivity index (χ4v) is 3.93. The molecule has 0 aromatic heterocycles. The van der Waals surface area contributed by atoms with Crippen LogP contribution in [0.5, 0.6) is 0 Å². The van der Waals surface area contributed by atoms with Crippen LogP contribution in [0.1, 0.15) is 94.8 Å². The van der Waals surface area contributed by atoms with E-state index in [1.807, 2.05) is 0 Å². The second-order valence-electron chi connectivity index (χ2n) is 7.70. The number of hydrogen-bond donors (Lipinski definition) is 1. The van der Waals surface area contributed by atoms with Gasteiger partial charge in [-0.15, -0.1) is 0 Å². The van der Waals surface area contributed by atoms with Gasteiger partial charge < -0.3 is 9.94 Å². The van der Waals surface area contributed by atoms with Crippen molar-refractivity contribution in [3.8, 4) is 0 Å². The number of hydrogen-bond acceptors (Lipinski definition) is 3. The van der Waals surface area contributed by atoms with Crippen molar-refractivity contribution in [3.05, 3.63) is 69.8 Å². The van der Waals surface area contributed by atoms with E-state index >= 15 is 0 Å². The first-order chi connectivity index (χ1) is 17.4. The van der Waals surface area contributed by atoms with E-state index in [1.165, 1.54) is 19.1 Å². The molecule has 31 heavy (non-hydrogen) atoms. The Balaban J connectivity index is 1.86. The molecule has 6 heteroatoms. The van der Waals surface area contributed by atoms with Crippen LogP contribution in [0.4, 0.5) is 13.2 Å². The van der Waals surface area contributed by atoms with Crippen molar-refractivity contribution in [2.45, 2.75) is 77.5 Å². The van der Waals surface area contributed by atoms with Gasteiger partial charge in [-0.3, -0.25) is 0 Å². The van der Waals surface area contributed by atoms with Crippen molar-refractivity contribution < 1.29 is 32.7 Å². The van der Waals surface area contributed by atoms with Gasteiger partial charge in [0.25, 0.3) is 0 Å². The highest BCUT2D eigenvalue weighted by Crippen LogP contribution is 2.41. The van der Waals surface area contributed by atoms with Gasteiger partial charge in [0.05, 0.1) is 20.6 Å². The Morgan fingerprint density at radius 1 is 1.16 bits per heavy atom. The fourth-order valence-electron chi connectivity index (χ4n) is 3.93. The van der Waals surface area contributed by atoms with Gasteiger partial charge in [-0.1, -0.05) is 55.5 Å². The monoisotopic (exact) mass is 440 g/mol. The minimum absolute atomic E-state index is 0.131. The molecule has 0 unspecified atom stereocenters. The van der Waals surface area contributed by atoms with E-state index in [2.05, 4.69) is 5.16 Å². The predicted octanol–water partition coefficient (Wildman–Crippen LogP) is 6.75. The molecule has 3 nitrogen and oxygen atoms in total. The molecule has 0 saturated heterocycles. The van der Waals surface area contributed by atoms with Crippen molar-refractivity contribution in [1.82, 2.24) is 0 Å². The summed E-state index contributed by atoms with van der Waals surface area (Å²) in [5, 5.41) is 13.7. The Bertz CT molecular complexity index is 1170. The van der Waals surface area contributed by atoms with Crippen molar-refractivity contribution in [2.75, 3.05) is 0 Å². The Hall–Kier alpha value is -2.34. The van der Waals surface area contributed by atoms with Crippen LogP contribution in [-0.4, -0.2) is 10.8 Å². The molecule has 1 N–H and O–H groups in total. The number of aliphatic hydroxyl groups is 1. The van der Waals surface area contributed by atoms with Gasteiger partial charge >= 0.3 is 6.18 Å². The predicted molar refractivity (Wildman–Crippen MR) is 116 cm³/mol. The van der Waals surface area contributed by atoms with Crippen molar-refractivity contribution in [3.63, 3.8) is 0 Å². The van der Waals surface area contributed by atoms with Crippen molar-refractivity contribution in [1.29, 1.82) is 0 Å². The molecule has 0 amide bonds. The van der Waals surface area contributed by atoms with Crippen LogP contribution in [0.2, 0.25) is 0 Å². The molecule has 168 valence electrons. The fraction of sp³-hybridized carbons (Fsp3) is 0.480. The Morgan fingerprint density at radius 2 is 1.94 bits per heavy atom. The summed E-state index contributed by atoms with van der Waals surface area (Å²) in [6.07, 6.45) is -3.23. The van der Waals surface area contributed by atoms with Crippen molar-refractivity contribution in [2.24, 2.45) is 5.16 Å². The Kier molecular flexibility index (Phi) is 5.14. The molecule has 1 saturated carbocycles. The summed E-state index contributed by atoms with van der Waals surface area (Å²) in [6, 6.07) is 7.58. The van der Waals surface area contributed by atoms with Crippen LogP contribution in [0.15, 0.2) is 41.6 Å². The highest BCUT2D eigenvalue weighted by atomic mass is 19.4. The molecule has 2 aromatic rings. The van der Waals surface area contributed by atoms with Crippen molar-refractivity contribution >= 4 is 5.71 Å². The largest absolute Gasteiger partial charge is 0.416 e. The molecular formula is C25H30F3NO2. The zero-order valence-electron chi connectivity index (χ0n) is 24.2. The lowest BCUT2D eigenvalue weighted by Gasteiger charge is -2.25. The highest BCUT2D eigenvalue weighted by molar-refractivity contribution is 5.98. The normalized spacial score (nSPS) is 20.5. The highest BCUT2D eigenvalue weighted by Gasteiger charge is 2.35. The van der Waals surface area contributed by atoms with Gasteiger partial charge in [-0.05, 0) is 72.0 Å². The number of benzene rings is 2. The summed E-state index contributed by atoms with van der Waals surface area (Å²) < 4.78 is 95.2. The van der Waals surface area contributed by atoms with Gasteiger partial charge in [0, 0.05) is 6.85 Å². The molecule has 0 spiro atoms. The van der Waals surface area contributed by atoms with Crippen LogP contribution < -0.4 is 0 Å². The molecule has 0 bridgehead atoms. The summed E-state index contributed by atoms with van der Waals surface area (Å²) in [5.41, 5.74) is -0.926. The van der Waals surface area contributed by atoms with E-state index in [4.69, 9.17) is 14.4 Å². The summed E-state index contributed by atoms with van der Waals surface area (Å²) in [7, 11) is 0. The molecule has 0 radical (unpaired) electrons. The van der Waals surface area contributed by atoms with Crippen LogP contribution in [0, 0.1) is 0 Å². The first-order valence-electron chi connectivity index (χ1n) is 13.7. The summed E-state index contributed by atoms with van der Waals surface area (Å²) in [4.78, 5) is 5.27. The number of aryl methyl sites for hydroxylation is 1. The van der Waals surface area contributed by atoms with E-state index in [9.17, 15) is 18.3 Å². The average molecular weight is 441 g/mol. The lowest BCUT2D eigenvalue weighted by Crippen LogP contribution is -2.15. The molecular weight excluding hydrogens is 403 g/mol. The maximum atomic E-state index is 13.8. The summed E-state index contributed by atoms with van der Waals surface area (Å²) in [5.74, 6) is -0.131. The first-order valence-corrected chi connectivity index (χ1v) is 10.2. The number of nitrogens with zero attached hydrogens (tertiary/aromatic N) is 1. The third kappa shape index (κ3) is 5.88. The van der Waals surface area contributed by atoms with E-state index in [0.29, 0.717) is 5.56 Å². The average Bonchev–Trinajstić information content (AvgIpc) is 2.82. The zero-order valence-corrected chi connectivity index (χ0v) is 17.2. The van der Waals surface area contributed by atoms with E-state index in [-0.39, 0.29) is 29.4 Å². The minimum atomic E-state index is -4.51. The smallest absolute Gasteiger partial charge is 0.392 e. The maximum Gasteiger partial charge on any atom is 0.416 e. The second-order valence-corrected chi connectivity index (χ2v) is 7.70. The quantitative estimate of drug-likeness (QED) is 0.382. The third-order valence-corrected chi connectivity index (χ3v) is 5.59. The third-order valence-electron chi connectivity index (χ3n) is 5.59. The molecule has 1 aliphatic rings. The molecule has 2 aromatic carbocycles. The van der Waals surface area contributed by atoms with E-state index < -0.39 is 42.7 Å². The minimum Gasteiger partial charge on any atom is -0.392 e. The molecule has 1 fully saturated rings. The Morgan fingerprint density at radius 3 is 2.61 bits per heavy atom. The van der Waals surface area contributed by atoms with Gasteiger partial charge in [0.15, 0.2) is 0 Å². The van der Waals surface area contributed by atoms with Gasteiger partial charge in [0.1, 0.15) is 6.61 Å². The topological polar surface area (TPSA) is 41.8 Å². The standard InChI is InChI=1S/C25H30F3NO2/c1-3-19-14-21(10-11-22(19)15-30)17(2)29-31-16-18-9-12-23(20-7-5-4-6-8-20)24(13-18)25(26,27)28/h9-14,20,30H,3-8,15-16H2,1-2H3/b29-17+/i1D3,3D2,15D2. The lowest BCUT2D eigenvalue weighted by molar-refractivity contribution is -0.138. The zero-order chi connectivity index (χ0) is 28.5. The molecule has 0 aliphatic heterocycles. The number of halogens is 3. The molecule has 1 aliphatic carbocycles. The van der Waals surface area contributed by atoms with Gasteiger partial charge in [0.2, 0.25) is 0 Å².